The average Bonchev–Trinajstić information content (AvgIpc) is 3.73. The third kappa shape index (κ3) is 6.58. The molecule has 0 aliphatic carbocycles. The first kappa shape index (κ1) is 37.7. The zero-order valence-electron chi connectivity index (χ0n) is 30.3. The number of aliphatic hydroxyl groups is 5. The van der Waals surface area contributed by atoms with Crippen LogP contribution in [0, 0.1) is 6.92 Å². The average molecular weight is 746 g/mol. The van der Waals surface area contributed by atoms with Crippen LogP contribution >= 0.6 is 0 Å². The van der Waals surface area contributed by atoms with Gasteiger partial charge in [0.05, 0.1) is 12.0 Å². The Morgan fingerprint density at radius 3 is 2.59 bits per heavy atom. The Balaban J connectivity index is 1.21. The summed E-state index contributed by atoms with van der Waals surface area (Å²) in [7, 11) is 0. The van der Waals surface area contributed by atoms with E-state index >= 15 is 0 Å². The Hall–Kier alpha value is -4.64. The smallest absolute Gasteiger partial charge is 0.222 e. The van der Waals surface area contributed by atoms with Gasteiger partial charge in [0.15, 0.2) is 11.2 Å². The second-order valence-corrected chi connectivity index (χ2v) is 14.9. The Morgan fingerprint density at radius 2 is 1.85 bits per heavy atom. The van der Waals surface area contributed by atoms with Crippen molar-refractivity contribution in [3.8, 4) is 17.2 Å². The summed E-state index contributed by atoms with van der Waals surface area (Å²) in [5, 5.41) is 75.3. The molecule has 3 aliphatic heterocycles. The highest BCUT2D eigenvalue weighted by Crippen LogP contribution is 2.44. The predicted molar refractivity (Wildman–Crippen MR) is 197 cm³/mol. The molecule has 7 rings (SSSR count). The molecule has 3 aliphatic rings. The van der Waals surface area contributed by atoms with Crippen molar-refractivity contribution in [1.29, 1.82) is 0 Å². The first-order valence-electron chi connectivity index (χ1n) is 17.9. The highest BCUT2D eigenvalue weighted by Gasteiger charge is 2.48. The minimum absolute atomic E-state index is 0.00879. The van der Waals surface area contributed by atoms with Gasteiger partial charge in [-0.3, -0.25) is 14.7 Å². The minimum Gasteiger partial charge on any atom is -0.508 e. The molecule has 286 valence electrons. The maximum atomic E-state index is 13.4. The fraction of sp³-hybridized carbons (Fsp3) is 0.400. The van der Waals surface area contributed by atoms with E-state index in [-0.39, 0.29) is 29.4 Å². The number of hydrogen-bond acceptors (Lipinski definition) is 13. The number of aliphatic imine (C=N–C) groups is 1. The Morgan fingerprint density at radius 1 is 1.07 bits per heavy atom. The summed E-state index contributed by atoms with van der Waals surface area (Å²) >= 11 is 0. The number of hydrogen-bond donors (Lipinski definition) is 8. The molecule has 7 atom stereocenters. The van der Waals surface area contributed by atoms with E-state index in [0.717, 1.165) is 22.6 Å². The van der Waals surface area contributed by atoms with E-state index in [4.69, 9.17) is 18.9 Å². The number of nitrogens with one attached hydrogen (secondary N) is 1. The molecule has 8 N–H and O–H groups in total. The van der Waals surface area contributed by atoms with Gasteiger partial charge in [-0.25, -0.2) is 9.78 Å². The summed E-state index contributed by atoms with van der Waals surface area (Å²) in [4.78, 5) is 30.5. The van der Waals surface area contributed by atoms with Crippen molar-refractivity contribution in [2.75, 3.05) is 13.2 Å². The standard InChI is InChI=1S/C40H44N2O12/c1-5-29-25-10-11-41-28(25)17-42(29)34-36-22(13-27-31(46)12-20(2)52-37(27)34)14-33(39(3,4)53-36)54-51-19-40(50,38(49)35(48)32(47)18-43)16-21-6-9-30(45)24-8-7-23(44)15-26(21)24/h6-13,15,17,29,32-33,35,38,43-45,47-50H,5,14,16,18-19H2,1-4H3/p+1. The lowest BCUT2D eigenvalue weighted by Crippen LogP contribution is -3.05. The normalized spacial score (nSPS) is 22.9. The topological polar surface area (TPSA) is 216 Å². The molecule has 14 nitrogen and oxygen atoms in total. The molecule has 1 aromatic heterocycles. The molecule has 14 heteroatoms. The molecule has 3 aromatic carbocycles. The predicted octanol–water partition coefficient (Wildman–Crippen LogP) is 1.91. The van der Waals surface area contributed by atoms with Crippen LogP contribution in [0.1, 0.15) is 44.1 Å². The maximum absolute atomic E-state index is 13.4. The van der Waals surface area contributed by atoms with Crippen LogP contribution in [0.5, 0.6) is 17.2 Å². The van der Waals surface area contributed by atoms with Crippen molar-refractivity contribution in [3.05, 3.63) is 93.1 Å². The second-order valence-electron chi connectivity index (χ2n) is 14.9. The number of phenolic OH excluding ortho intramolecular Hbond substituents is 2. The lowest BCUT2D eigenvalue weighted by molar-refractivity contribution is -0.793. The van der Waals surface area contributed by atoms with Crippen LogP contribution in [0.4, 0.5) is 5.69 Å². The van der Waals surface area contributed by atoms with Gasteiger partial charge >= 0.3 is 0 Å². The molecule has 7 unspecified atom stereocenters. The first-order chi connectivity index (χ1) is 25.7. The van der Waals surface area contributed by atoms with Gasteiger partial charge in [-0.05, 0) is 68.1 Å². The lowest BCUT2D eigenvalue weighted by Gasteiger charge is -2.41. The monoisotopic (exact) mass is 745 g/mol. The van der Waals surface area contributed by atoms with Crippen LogP contribution in [-0.4, -0.2) is 96.8 Å². The van der Waals surface area contributed by atoms with Crippen molar-refractivity contribution in [2.24, 2.45) is 4.99 Å². The number of phenols is 2. The van der Waals surface area contributed by atoms with Crippen molar-refractivity contribution in [2.45, 2.75) is 88.6 Å². The molecular weight excluding hydrogens is 700 g/mol. The SMILES string of the molecule is CCC1C2=CC=NC2=C[NH+]1c1c2c(cc3c(=O)cc(C)oc13)CC(OOCC(O)(Cc1ccc(O)c3ccc(O)cc13)C(O)C(O)C(O)CO)C(C)(C)O2. The number of nitrogens with zero attached hydrogens (tertiary/aromatic N) is 1. The van der Waals surface area contributed by atoms with Crippen LogP contribution in [0.3, 0.4) is 0 Å². The van der Waals surface area contributed by atoms with Gasteiger partial charge in [-0.15, -0.1) is 0 Å². The lowest BCUT2D eigenvalue weighted by atomic mass is 9.84. The largest absolute Gasteiger partial charge is 0.508 e. The second kappa shape index (κ2) is 14.2. The molecule has 0 amide bonds. The van der Waals surface area contributed by atoms with E-state index in [0.29, 0.717) is 50.1 Å². The molecule has 0 radical (unpaired) electrons. The Kier molecular flexibility index (Phi) is 9.91. The maximum Gasteiger partial charge on any atom is 0.222 e. The van der Waals surface area contributed by atoms with Gasteiger partial charge in [0.25, 0.3) is 0 Å². The fourth-order valence-electron chi connectivity index (χ4n) is 7.73. The van der Waals surface area contributed by atoms with Gasteiger partial charge in [-0.2, -0.15) is 0 Å². The number of rotatable bonds is 12. The third-order valence-electron chi connectivity index (χ3n) is 10.7. The van der Waals surface area contributed by atoms with Crippen LogP contribution in [0.25, 0.3) is 21.7 Å². The summed E-state index contributed by atoms with van der Waals surface area (Å²) in [6, 6.07) is 10.3. The van der Waals surface area contributed by atoms with E-state index in [2.05, 4.69) is 11.9 Å². The third-order valence-corrected chi connectivity index (χ3v) is 10.7. The van der Waals surface area contributed by atoms with E-state index < -0.39 is 55.3 Å². The van der Waals surface area contributed by atoms with Crippen LogP contribution in [0.2, 0.25) is 0 Å². The summed E-state index contributed by atoms with van der Waals surface area (Å²) in [5.74, 6) is 0.794. The van der Waals surface area contributed by atoms with Crippen LogP contribution in [0.15, 0.2) is 80.2 Å². The number of ether oxygens (including phenoxy) is 1. The van der Waals surface area contributed by atoms with Crippen molar-refractivity contribution >= 4 is 33.6 Å². The number of quaternary nitrogens is 1. The Bertz CT molecular complexity index is 2260. The summed E-state index contributed by atoms with van der Waals surface area (Å²) < 4.78 is 13.0. The van der Waals surface area contributed by atoms with Gasteiger partial charge in [0.1, 0.15) is 77.4 Å². The molecule has 0 saturated heterocycles. The number of aromatic hydroxyl groups is 2. The van der Waals surface area contributed by atoms with Gasteiger partial charge < -0.3 is 44.9 Å². The van der Waals surface area contributed by atoms with E-state index in [1.807, 2.05) is 12.3 Å². The van der Waals surface area contributed by atoms with Crippen molar-refractivity contribution < 1.29 is 59.6 Å². The summed E-state index contributed by atoms with van der Waals surface area (Å²) in [6.07, 6.45) is -0.345. The van der Waals surface area contributed by atoms with E-state index in [1.165, 1.54) is 36.4 Å². The van der Waals surface area contributed by atoms with Crippen LogP contribution < -0.4 is 15.1 Å². The van der Waals surface area contributed by atoms with E-state index in [1.54, 1.807) is 33.1 Å². The Labute approximate surface area is 310 Å². The number of fused-ring (bicyclic) bond motifs is 4. The quantitative estimate of drug-likeness (QED) is 0.0771. The molecule has 54 heavy (non-hydrogen) atoms. The van der Waals surface area contributed by atoms with Gasteiger partial charge in [-0.1, -0.05) is 13.0 Å². The molecular formula is C40H45N2O12+. The summed E-state index contributed by atoms with van der Waals surface area (Å²) in [5.41, 5.74) is 0.407. The van der Waals surface area contributed by atoms with Crippen LogP contribution in [-0.2, 0) is 22.6 Å². The van der Waals surface area contributed by atoms with Crippen molar-refractivity contribution in [3.63, 3.8) is 0 Å². The summed E-state index contributed by atoms with van der Waals surface area (Å²) in [6.45, 7) is 5.78. The molecule has 0 bridgehead atoms. The number of aliphatic hydroxyl groups excluding tert-OH is 4. The minimum atomic E-state index is -2.35. The molecule has 0 spiro atoms. The fourth-order valence-corrected chi connectivity index (χ4v) is 7.73. The van der Waals surface area contributed by atoms with Crippen molar-refractivity contribution in [1.82, 2.24) is 0 Å². The highest BCUT2D eigenvalue weighted by molar-refractivity contribution is 5.92. The molecule has 0 fully saturated rings. The first-order valence-corrected chi connectivity index (χ1v) is 17.9. The number of benzene rings is 3. The molecule has 4 heterocycles. The van der Waals surface area contributed by atoms with Gasteiger partial charge in [0, 0.05) is 48.1 Å². The number of aryl methyl sites for hydroxylation is 1. The highest BCUT2D eigenvalue weighted by atomic mass is 17.2. The molecule has 0 saturated carbocycles. The zero-order chi connectivity index (χ0) is 38.7. The molecule has 4 aromatic rings. The van der Waals surface area contributed by atoms with E-state index in [9.17, 15) is 40.5 Å². The zero-order valence-corrected chi connectivity index (χ0v) is 30.3. The number of allylic oxidation sites excluding steroid dienone is 1. The van der Waals surface area contributed by atoms with Gasteiger partial charge in [0.2, 0.25) is 11.3 Å².